The van der Waals surface area contributed by atoms with Gasteiger partial charge in [-0.2, -0.15) is 5.10 Å². The van der Waals surface area contributed by atoms with E-state index < -0.39 is 65.9 Å². The number of carbonyl (C=O) groups excluding carboxylic acids is 4. The number of aromatic hydroxyl groups is 2. The van der Waals surface area contributed by atoms with Crippen LogP contribution in [0.2, 0.25) is 0 Å². The van der Waals surface area contributed by atoms with E-state index in [0.29, 0.717) is 50.2 Å². The molecule has 9 N–H and O–H groups in total. The number of phenols is 2. The van der Waals surface area contributed by atoms with Crippen LogP contribution >= 0.6 is 0 Å². The second-order valence-electron chi connectivity index (χ2n) is 15.0. The first-order valence-corrected chi connectivity index (χ1v) is 18.8. The summed E-state index contributed by atoms with van der Waals surface area (Å²) in [5.74, 6) is -2.02. The molecule has 15 heteroatoms. The van der Waals surface area contributed by atoms with E-state index in [1.807, 2.05) is 42.5 Å². The summed E-state index contributed by atoms with van der Waals surface area (Å²) in [6.07, 6.45) is 3.25. The normalized spacial score (nSPS) is 24.9. The van der Waals surface area contributed by atoms with Crippen molar-refractivity contribution < 1.29 is 39.2 Å². The summed E-state index contributed by atoms with van der Waals surface area (Å²) in [7, 11) is 0. The van der Waals surface area contributed by atoms with Gasteiger partial charge in [-0.05, 0) is 67.0 Å². The van der Waals surface area contributed by atoms with Gasteiger partial charge in [0.05, 0.1) is 35.9 Å². The van der Waals surface area contributed by atoms with E-state index in [1.165, 1.54) is 12.1 Å². The number of hydrogen-bond acceptors (Lipinski definition) is 11. The maximum absolute atomic E-state index is 13.8. The summed E-state index contributed by atoms with van der Waals surface area (Å²) in [6.45, 7) is 4.33. The first-order valence-electron chi connectivity index (χ1n) is 18.8. The van der Waals surface area contributed by atoms with Crippen LogP contribution in [0, 0.1) is 0 Å². The number of nitrogens with zero attached hydrogens (tertiary/aromatic N) is 2. The molecule has 4 amide bonds. The molecule has 2 aliphatic heterocycles. The maximum Gasteiger partial charge on any atom is 0.262 e. The van der Waals surface area contributed by atoms with Crippen LogP contribution in [0.3, 0.4) is 0 Å². The van der Waals surface area contributed by atoms with Crippen molar-refractivity contribution in [3.63, 3.8) is 0 Å². The van der Waals surface area contributed by atoms with Crippen LogP contribution in [0.15, 0.2) is 84.5 Å². The van der Waals surface area contributed by atoms with Crippen LogP contribution in [0.4, 0.5) is 0 Å². The van der Waals surface area contributed by atoms with Gasteiger partial charge in [0.15, 0.2) is 17.6 Å². The first kappa shape index (κ1) is 38.5. The van der Waals surface area contributed by atoms with Gasteiger partial charge in [0.1, 0.15) is 11.8 Å². The Morgan fingerprint density at radius 2 is 1.68 bits per heavy atom. The first-order chi connectivity index (χ1) is 26.9. The summed E-state index contributed by atoms with van der Waals surface area (Å²) in [6, 6.07) is 16.7. The third-order valence-corrected chi connectivity index (χ3v) is 11.6. The number of rotatable bonds is 14. The van der Waals surface area contributed by atoms with Crippen LogP contribution in [-0.2, 0) is 43.9 Å². The van der Waals surface area contributed by atoms with Crippen molar-refractivity contribution in [3.8, 4) is 17.2 Å². The lowest BCUT2D eigenvalue weighted by atomic mass is 9.49. The molecule has 2 fully saturated rings. The number of nitrogens with two attached hydrogens (primary N) is 1. The number of amides is 4. The van der Waals surface area contributed by atoms with Crippen molar-refractivity contribution in [1.82, 2.24) is 26.3 Å². The lowest BCUT2D eigenvalue weighted by molar-refractivity contribution is -0.163. The number of phenolic OH excluding ortho intramolecular Hbond substituents is 2. The molecule has 1 saturated heterocycles. The highest BCUT2D eigenvalue weighted by Gasteiger charge is 2.72. The zero-order valence-corrected chi connectivity index (χ0v) is 30.9. The topological polar surface area (TPSA) is 228 Å². The predicted octanol–water partition coefficient (Wildman–Crippen LogP) is 0.440. The molecule has 3 aromatic rings. The molecule has 2 heterocycles. The van der Waals surface area contributed by atoms with Gasteiger partial charge < -0.3 is 41.7 Å². The third-order valence-electron chi connectivity index (χ3n) is 11.6. The van der Waals surface area contributed by atoms with E-state index >= 15 is 0 Å². The quantitative estimate of drug-likeness (QED) is 0.0835. The number of hydrogen-bond donors (Lipinski definition) is 8. The maximum atomic E-state index is 13.8. The van der Waals surface area contributed by atoms with Gasteiger partial charge in [-0.15, -0.1) is 6.58 Å². The molecule has 1 saturated carbocycles. The summed E-state index contributed by atoms with van der Waals surface area (Å²) in [5.41, 5.74) is 10.4. The molecule has 2 aliphatic carbocycles. The number of benzene rings is 3. The molecule has 56 heavy (non-hydrogen) atoms. The molecule has 2 bridgehead atoms. The third kappa shape index (κ3) is 7.20. The summed E-state index contributed by atoms with van der Waals surface area (Å²) in [4.78, 5) is 54.1. The fourth-order valence-electron chi connectivity index (χ4n) is 8.96. The van der Waals surface area contributed by atoms with Gasteiger partial charge in [-0.1, -0.05) is 54.6 Å². The molecule has 4 aliphatic rings. The minimum absolute atomic E-state index is 0.0143. The highest BCUT2D eigenvalue weighted by Crippen LogP contribution is 2.64. The fraction of sp³-hybridized carbons (Fsp3) is 0.390. The number of carbonyl (C=O) groups is 4. The second kappa shape index (κ2) is 15.8. The van der Waals surface area contributed by atoms with Crippen molar-refractivity contribution in [1.29, 1.82) is 0 Å². The Morgan fingerprint density at radius 1 is 0.946 bits per heavy atom. The highest BCUT2D eigenvalue weighted by molar-refractivity contribution is 5.96. The van der Waals surface area contributed by atoms with Gasteiger partial charge in [0.25, 0.3) is 5.91 Å². The molecular formula is C41H47N7O8. The molecule has 6 atom stereocenters. The zero-order valence-electron chi connectivity index (χ0n) is 30.9. The number of piperidine rings is 1. The van der Waals surface area contributed by atoms with Crippen molar-refractivity contribution in [2.45, 2.75) is 73.8 Å². The summed E-state index contributed by atoms with van der Waals surface area (Å²) in [5, 5.41) is 45.1. The molecule has 0 aromatic heterocycles. The lowest BCUT2D eigenvalue weighted by Gasteiger charge is -2.62. The largest absolute Gasteiger partial charge is 0.508 e. The van der Waals surface area contributed by atoms with Crippen molar-refractivity contribution >= 4 is 29.3 Å². The van der Waals surface area contributed by atoms with E-state index in [2.05, 4.69) is 38.0 Å². The molecule has 1 spiro atoms. The minimum Gasteiger partial charge on any atom is -0.508 e. The standard InChI is InChI=1S/C41H47N7O8/c1-2-17-48-18-16-40-35-26-10-13-31(50)36(35)56-37(40)29(14-15-41(40,55)32(48)21-26)46-47-39(54)30(20-24-6-4-3-5-7-24)45-34(52)23-43-33(51)22-44-38(53)28(42)19-25-8-11-27(49)12-9-25/h2-13,28,30,32,37,49-50,55H,1,14-23,42H2,(H,43,51)(H,44,53)(H,45,52)(H,47,54)/b46-29+/t28-,30-,32+,37-,40-,41+/m0/s1. The molecular weight excluding hydrogens is 718 g/mol. The Kier molecular flexibility index (Phi) is 10.8. The molecule has 15 nitrogen and oxygen atoms in total. The van der Waals surface area contributed by atoms with Crippen LogP contribution < -0.4 is 31.8 Å². The monoisotopic (exact) mass is 765 g/mol. The molecule has 294 valence electrons. The van der Waals surface area contributed by atoms with Gasteiger partial charge >= 0.3 is 0 Å². The summed E-state index contributed by atoms with van der Waals surface area (Å²) >= 11 is 0. The number of aliphatic hydroxyl groups is 1. The summed E-state index contributed by atoms with van der Waals surface area (Å²) < 4.78 is 6.49. The smallest absolute Gasteiger partial charge is 0.262 e. The lowest BCUT2D eigenvalue weighted by Crippen LogP contribution is -2.76. The Morgan fingerprint density at radius 3 is 2.43 bits per heavy atom. The SMILES string of the molecule is C=CCN1CC[C@]23c4c5ccc(O)c4O[C@H]2/C(=N/NC(=O)[C@H](Cc2ccccc2)NC(=O)CNC(=O)CNC(=O)[C@@H](N)Cc2ccc(O)cc2)CC[C@@]3(O)[C@H]1C5. The number of likely N-dealkylation sites (tertiary alicyclic amines) is 1. The molecule has 0 radical (unpaired) electrons. The van der Waals surface area contributed by atoms with Gasteiger partial charge in [0.2, 0.25) is 17.7 Å². The van der Waals surface area contributed by atoms with Crippen molar-refractivity contribution in [3.05, 3.63) is 102 Å². The zero-order chi connectivity index (χ0) is 39.6. The molecule has 7 rings (SSSR count). The van der Waals surface area contributed by atoms with Crippen LogP contribution in [0.5, 0.6) is 17.2 Å². The highest BCUT2D eigenvalue weighted by atomic mass is 16.5. The Labute approximate surface area is 324 Å². The Balaban J connectivity index is 1.00. The van der Waals surface area contributed by atoms with E-state index in [4.69, 9.17) is 10.5 Å². The average molecular weight is 766 g/mol. The fourth-order valence-corrected chi connectivity index (χ4v) is 8.96. The van der Waals surface area contributed by atoms with Gasteiger partial charge in [-0.3, -0.25) is 24.1 Å². The average Bonchev–Trinajstić information content (AvgIpc) is 3.55. The van der Waals surface area contributed by atoms with Crippen molar-refractivity contribution in [2.24, 2.45) is 10.8 Å². The van der Waals surface area contributed by atoms with Crippen molar-refractivity contribution in [2.75, 3.05) is 26.2 Å². The Hall–Kier alpha value is -5.77. The predicted molar refractivity (Wildman–Crippen MR) is 206 cm³/mol. The van der Waals surface area contributed by atoms with E-state index in [0.717, 1.165) is 22.3 Å². The van der Waals surface area contributed by atoms with Crippen LogP contribution in [-0.4, -0.2) is 106 Å². The van der Waals surface area contributed by atoms with Gasteiger partial charge in [-0.25, -0.2) is 5.43 Å². The Bertz CT molecular complexity index is 2040. The molecule has 0 unspecified atom stereocenters. The second-order valence-corrected chi connectivity index (χ2v) is 15.0. The van der Waals surface area contributed by atoms with Crippen LogP contribution in [0.1, 0.15) is 41.5 Å². The minimum atomic E-state index is -1.18. The number of hydrazone groups is 1. The van der Waals surface area contributed by atoms with E-state index in [1.54, 1.807) is 18.2 Å². The van der Waals surface area contributed by atoms with Crippen LogP contribution in [0.25, 0.3) is 0 Å². The number of nitrogens with one attached hydrogen (secondary N) is 4. The van der Waals surface area contributed by atoms with E-state index in [-0.39, 0.29) is 30.4 Å². The van der Waals surface area contributed by atoms with Gasteiger partial charge in [0, 0.05) is 31.1 Å². The molecule has 3 aromatic carbocycles. The van der Waals surface area contributed by atoms with E-state index in [9.17, 15) is 34.5 Å². The number of ether oxygens (including phenoxy) is 1.